The summed E-state index contributed by atoms with van der Waals surface area (Å²) in [5.41, 5.74) is 3.63. The highest BCUT2D eigenvalue weighted by molar-refractivity contribution is 9.10. The second-order valence-electron chi connectivity index (χ2n) is 3.41. The molecule has 0 aromatic heterocycles. The van der Waals surface area contributed by atoms with Crippen LogP contribution in [0.25, 0.3) is 0 Å². The SMILES string of the molecule is C#CCOc1ccc(/C=N\NC(=S)NCC)cc1Br. The smallest absolute Gasteiger partial charge is 0.186 e. The lowest BCUT2D eigenvalue weighted by Gasteiger charge is -2.06. The van der Waals surface area contributed by atoms with Gasteiger partial charge in [-0.3, -0.25) is 5.43 Å². The van der Waals surface area contributed by atoms with Crippen molar-refractivity contribution in [3.8, 4) is 18.1 Å². The molecule has 0 atom stereocenters. The summed E-state index contributed by atoms with van der Waals surface area (Å²) in [6, 6.07) is 5.58. The zero-order valence-corrected chi connectivity index (χ0v) is 12.8. The number of thiocarbonyl (C=S) groups is 1. The first-order chi connectivity index (χ1) is 9.17. The number of hydrogen-bond donors (Lipinski definition) is 2. The van der Waals surface area contributed by atoms with E-state index in [2.05, 4.69) is 37.7 Å². The average molecular weight is 340 g/mol. The summed E-state index contributed by atoms with van der Waals surface area (Å²) in [7, 11) is 0. The van der Waals surface area contributed by atoms with E-state index in [9.17, 15) is 0 Å². The van der Waals surface area contributed by atoms with Crippen molar-refractivity contribution in [1.82, 2.24) is 10.7 Å². The third kappa shape index (κ3) is 5.73. The Hall–Kier alpha value is -1.58. The number of hydrogen-bond acceptors (Lipinski definition) is 3. The molecule has 6 heteroatoms. The second kappa shape index (κ2) is 8.51. The van der Waals surface area contributed by atoms with Gasteiger partial charge in [0.25, 0.3) is 0 Å². The summed E-state index contributed by atoms with van der Waals surface area (Å²) in [5, 5.41) is 7.45. The van der Waals surface area contributed by atoms with Crippen LogP contribution in [0.3, 0.4) is 0 Å². The minimum Gasteiger partial charge on any atom is -0.480 e. The number of rotatable bonds is 5. The number of nitrogens with zero attached hydrogens (tertiary/aromatic N) is 1. The Labute approximate surface area is 126 Å². The summed E-state index contributed by atoms with van der Waals surface area (Å²) >= 11 is 8.39. The van der Waals surface area contributed by atoms with Gasteiger partial charge in [-0.05, 0) is 58.8 Å². The van der Waals surface area contributed by atoms with Gasteiger partial charge < -0.3 is 10.1 Å². The van der Waals surface area contributed by atoms with E-state index in [0.717, 1.165) is 16.6 Å². The van der Waals surface area contributed by atoms with Gasteiger partial charge in [0.2, 0.25) is 0 Å². The van der Waals surface area contributed by atoms with E-state index in [4.69, 9.17) is 23.4 Å². The highest BCUT2D eigenvalue weighted by Crippen LogP contribution is 2.25. The summed E-state index contributed by atoms with van der Waals surface area (Å²) in [6.07, 6.45) is 6.80. The summed E-state index contributed by atoms with van der Waals surface area (Å²) in [6.45, 7) is 2.96. The van der Waals surface area contributed by atoms with Gasteiger partial charge >= 0.3 is 0 Å². The number of ether oxygens (including phenoxy) is 1. The molecule has 1 aromatic carbocycles. The van der Waals surface area contributed by atoms with Crippen LogP contribution in [-0.2, 0) is 0 Å². The molecule has 0 aliphatic rings. The van der Waals surface area contributed by atoms with E-state index in [1.54, 1.807) is 6.21 Å². The van der Waals surface area contributed by atoms with Crippen LogP contribution in [0.1, 0.15) is 12.5 Å². The Morgan fingerprint density at radius 1 is 1.63 bits per heavy atom. The third-order valence-corrected chi connectivity index (χ3v) is 2.84. The molecule has 19 heavy (non-hydrogen) atoms. The van der Waals surface area contributed by atoms with Crippen molar-refractivity contribution in [3.05, 3.63) is 28.2 Å². The summed E-state index contributed by atoms with van der Waals surface area (Å²) in [4.78, 5) is 0. The Balaban J connectivity index is 2.61. The predicted molar refractivity (Wildman–Crippen MR) is 85.5 cm³/mol. The molecule has 0 aliphatic heterocycles. The van der Waals surface area contributed by atoms with Crippen LogP contribution in [0.5, 0.6) is 5.75 Å². The third-order valence-electron chi connectivity index (χ3n) is 1.98. The van der Waals surface area contributed by atoms with Gasteiger partial charge in [-0.25, -0.2) is 0 Å². The molecule has 0 spiro atoms. The van der Waals surface area contributed by atoms with Crippen LogP contribution in [0.2, 0.25) is 0 Å². The summed E-state index contributed by atoms with van der Waals surface area (Å²) < 4.78 is 6.16. The number of nitrogens with one attached hydrogen (secondary N) is 2. The molecule has 0 unspecified atom stereocenters. The highest BCUT2D eigenvalue weighted by Gasteiger charge is 2.01. The molecule has 0 fully saturated rings. The Morgan fingerprint density at radius 2 is 2.42 bits per heavy atom. The Morgan fingerprint density at radius 3 is 3.05 bits per heavy atom. The fourth-order valence-electron chi connectivity index (χ4n) is 1.20. The van der Waals surface area contributed by atoms with Gasteiger partial charge in [0, 0.05) is 6.54 Å². The molecular formula is C13H14BrN3OS. The topological polar surface area (TPSA) is 45.6 Å². The van der Waals surface area contributed by atoms with Crippen LogP contribution >= 0.6 is 28.1 Å². The molecule has 0 heterocycles. The van der Waals surface area contributed by atoms with Crippen LogP contribution in [0.4, 0.5) is 0 Å². The van der Waals surface area contributed by atoms with Crippen molar-refractivity contribution in [2.24, 2.45) is 5.10 Å². The van der Waals surface area contributed by atoms with E-state index in [1.807, 2.05) is 25.1 Å². The predicted octanol–water partition coefficient (Wildman–Crippen LogP) is 2.28. The molecule has 0 saturated carbocycles. The van der Waals surface area contributed by atoms with Crippen LogP contribution in [0, 0.1) is 12.3 Å². The molecular weight excluding hydrogens is 326 g/mol. The van der Waals surface area contributed by atoms with E-state index >= 15 is 0 Å². The molecule has 1 aromatic rings. The minimum absolute atomic E-state index is 0.241. The van der Waals surface area contributed by atoms with Crippen molar-refractivity contribution in [3.63, 3.8) is 0 Å². The first kappa shape index (κ1) is 15.5. The van der Waals surface area contributed by atoms with Crippen molar-refractivity contribution in [1.29, 1.82) is 0 Å². The molecule has 1 rings (SSSR count). The van der Waals surface area contributed by atoms with Crippen LogP contribution < -0.4 is 15.5 Å². The van der Waals surface area contributed by atoms with Crippen molar-refractivity contribution in [2.75, 3.05) is 13.2 Å². The molecule has 0 bridgehead atoms. The molecule has 0 radical (unpaired) electrons. The quantitative estimate of drug-likeness (QED) is 0.374. The first-order valence-corrected chi connectivity index (χ1v) is 6.80. The van der Waals surface area contributed by atoms with Gasteiger partial charge in [0.15, 0.2) is 5.11 Å². The molecule has 100 valence electrons. The van der Waals surface area contributed by atoms with Gasteiger partial charge in [-0.15, -0.1) is 6.42 Å². The van der Waals surface area contributed by atoms with Crippen molar-refractivity contribution < 1.29 is 4.74 Å². The number of benzene rings is 1. The minimum atomic E-state index is 0.241. The molecule has 2 N–H and O–H groups in total. The summed E-state index contributed by atoms with van der Waals surface area (Å²) in [5.74, 6) is 3.12. The van der Waals surface area contributed by atoms with Crippen molar-refractivity contribution in [2.45, 2.75) is 6.92 Å². The maximum absolute atomic E-state index is 5.34. The number of hydrazone groups is 1. The Bertz CT molecular complexity index is 511. The van der Waals surface area contributed by atoms with Crippen molar-refractivity contribution >= 4 is 39.5 Å². The zero-order chi connectivity index (χ0) is 14.1. The standard InChI is InChI=1S/C13H14BrN3OS/c1-3-7-18-12-6-5-10(8-11(12)14)9-16-17-13(19)15-4-2/h1,5-6,8-9H,4,7H2,2H3,(H2,15,17,19)/b16-9-. The van der Waals surface area contributed by atoms with E-state index < -0.39 is 0 Å². The van der Waals surface area contributed by atoms with Crippen LogP contribution in [-0.4, -0.2) is 24.5 Å². The van der Waals surface area contributed by atoms with Gasteiger partial charge in [0.1, 0.15) is 12.4 Å². The second-order valence-corrected chi connectivity index (χ2v) is 4.67. The number of halogens is 1. The van der Waals surface area contributed by atoms with Gasteiger partial charge in [0.05, 0.1) is 10.7 Å². The number of terminal acetylenes is 1. The van der Waals surface area contributed by atoms with E-state index in [0.29, 0.717) is 10.9 Å². The van der Waals surface area contributed by atoms with Crippen LogP contribution in [0.15, 0.2) is 27.8 Å². The molecule has 4 nitrogen and oxygen atoms in total. The normalized spacial score (nSPS) is 9.95. The maximum Gasteiger partial charge on any atom is 0.186 e. The maximum atomic E-state index is 5.34. The van der Waals surface area contributed by atoms with Gasteiger partial charge in [-0.2, -0.15) is 5.10 Å². The zero-order valence-electron chi connectivity index (χ0n) is 10.4. The fourth-order valence-corrected chi connectivity index (χ4v) is 1.91. The fraction of sp³-hybridized carbons (Fsp3) is 0.231. The monoisotopic (exact) mass is 339 g/mol. The van der Waals surface area contributed by atoms with E-state index in [1.165, 1.54) is 0 Å². The van der Waals surface area contributed by atoms with E-state index in [-0.39, 0.29) is 6.61 Å². The molecule has 0 saturated heterocycles. The lowest BCUT2D eigenvalue weighted by atomic mass is 10.2. The molecule has 0 aliphatic carbocycles. The highest BCUT2D eigenvalue weighted by atomic mass is 79.9. The largest absolute Gasteiger partial charge is 0.480 e. The Kier molecular flexibility index (Phi) is 6.93. The molecule has 0 amide bonds. The van der Waals surface area contributed by atoms with Gasteiger partial charge in [-0.1, -0.05) is 5.92 Å². The lowest BCUT2D eigenvalue weighted by Crippen LogP contribution is -2.31. The first-order valence-electron chi connectivity index (χ1n) is 5.60. The average Bonchev–Trinajstić information content (AvgIpc) is 2.38. The lowest BCUT2D eigenvalue weighted by molar-refractivity contribution is 0.368.